The first-order chi connectivity index (χ1) is 7.77. The lowest BCUT2D eigenvalue weighted by molar-refractivity contribution is -0.141. The van der Waals surface area contributed by atoms with E-state index in [0.29, 0.717) is 24.9 Å². The van der Waals surface area contributed by atoms with E-state index >= 15 is 0 Å². The van der Waals surface area contributed by atoms with Crippen molar-refractivity contribution in [2.24, 2.45) is 17.6 Å². The lowest BCUT2D eigenvalue weighted by Gasteiger charge is -2.17. The number of methoxy groups -OCH3 is 1. The molecule has 0 aromatic heterocycles. The molecule has 0 radical (unpaired) electrons. The summed E-state index contributed by atoms with van der Waals surface area (Å²) in [7, 11) is 1.41. The molecule has 16 heavy (non-hydrogen) atoms. The zero-order valence-corrected chi connectivity index (χ0v) is 10.1. The van der Waals surface area contributed by atoms with Gasteiger partial charge in [-0.2, -0.15) is 0 Å². The first-order valence-corrected chi connectivity index (χ1v) is 6.12. The van der Waals surface area contributed by atoms with Crippen LogP contribution < -0.4 is 5.73 Å². The van der Waals surface area contributed by atoms with Crippen LogP contribution in [0.3, 0.4) is 0 Å². The summed E-state index contributed by atoms with van der Waals surface area (Å²) in [6.45, 7) is 2.21. The van der Waals surface area contributed by atoms with Crippen LogP contribution in [-0.4, -0.2) is 32.8 Å². The molecule has 94 valence electrons. The fourth-order valence-electron chi connectivity index (χ4n) is 2.30. The number of ether oxygens (including phenoxy) is 2. The molecule has 2 atom stereocenters. The average molecular weight is 229 g/mol. The van der Waals surface area contributed by atoms with Crippen molar-refractivity contribution in [3.05, 3.63) is 0 Å². The molecule has 1 saturated carbocycles. The molecule has 0 bridgehead atoms. The summed E-state index contributed by atoms with van der Waals surface area (Å²) in [6.07, 6.45) is 4.94. The van der Waals surface area contributed by atoms with Crippen LogP contribution in [0.2, 0.25) is 0 Å². The third-order valence-electron chi connectivity index (χ3n) is 3.35. The zero-order valence-electron chi connectivity index (χ0n) is 10.1. The number of rotatable bonds is 7. The Morgan fingerprint density at radius 2 is 2.12 bits per heavy atom. The van der Waals surface area contributed by atoms with Crippen molar-refractivity contribution < 1.29 is 14.3 Å². The fourth-order valence-corrected chi connectivity index (χ4v) is 2.30. The molecule has 0 aromatic rings. The van der Waals surface area contributed by atoms with Crippen molar-refractivity contribution in [2.45, 2.75) is 32.1 Å². The molecule has 0 heterocycles. The molecule has 1 rings (SSSR count). The van der Waals surface area contributed by atoms with E-state index in [1.165, 1.54) is 26.4 Å². The van der Waals surface area contributed by atoms with E-state index in [-0.39, 0.29) is 5.97 Å². The van der Waals surface area contributed by atoms with Crippen LogP contribution in [0.1, 0.15) is 32.1 Å². The molecule has 2 N–H and O–H groups in total. The van der Waals surface area contributed by atoms with Crippen LogP contribution in [0.5, 0.6) is 0 Å². The van der Waals surface area contributed by atoms with Crippen LogP contribution in [-0.2, 0) is 14.3 Å². The van der Waals surface area contributed by atoms with Crippen LogP contribution in [0.15, 0.2) is 0 Å². The van der Waals surface area contributed by atoms with E-state index in [1.54, 1.807) is 0 Å². The second-order valence-electron chi connectivity index (χ2n) is 4.44. The van der Waals surface area contributed by atoms with E-state index in [4.69, 9.17) is 10.5 Å². The molecule has 2 unspecified atom stereocenters. The molecule has 0 saturated heterocycles. The molecule has 0 aliphatic heterocycles. The minimum atomic E-state index is -0.163. The van der Waals surface area contributed by atoms with Gasteiger partial charge < -0.3 is 15.2 Å². The van der Waals surface area contributed by atoms with Crippen LogP contribution in [0.25, 0.3) is 0 Å². The van der Waals surface area contributed by atoms with E-state index in [9.17, 15) is 4.79 Å². The van der Waals surface area contributed by atoms with Crippen LogP contribution >= 0.6 is 0 Å². The van der Waals surface area contributed by atoms with Gasteiger partial charge in [0.15, 0.2) is 0 Å². The molecule has 0 amide bonds. The third kappa shape index (κ3) is 4.49. The van der Waals surface area contributed by atoms with Gasteiger partial charge >= 0.3 is 5.97 Å². The number of esters is 1. The van der Waals surface area contributed by atoms with Gasteiger partial charge in [0.25, 0.3) is 0 Å². The maximum atomic E-state index is 10.8. The van der Waals surface area contributed by atoms with Crippen molar-refractivity contribution in [3.63, 3.8) is 0 Å². The monoisotopic (exact) mass is 229 g/mol. The Kier molecular flexibility index (Phi) is 6.42. The summed E-state index contributed by atoms with van der Waals surface area (Å²) in [5.41, 5.74) is 5.70. The summed E-state index contributed by atoms with van der Waals surface area (Å²) < 4.78 is 10.1. The number of carbonyl (C=O) groups excluding carboxylic acids is 1. The highest BCUT2D eigenvalue weighted by atomic mass is 16.5. The lowest BCUT2D eigenvalue weighted by Crippen LogP contribution is -2.22. The summed E-state index contributed by atoms with van der Waals surface area (Å²) in [6, 6.07) is 0. The van der Waals surface area contributed by atoms with Crippen molar-refractivity contribution in [1.82, 2.24) is 0 Å². The number of hydrogen-bond donors (Lipinski definition) is 1. The van der Waals surface area contributed by atoms with Gasteiger partial charge in [0.1, 0.15) is 0 Å². The maximum absolute atomic E-state index is 10.8. The lowest BCUT2D eigenvalue weighted by atomic mass is 9.97. The summed E-state index contributed by atoms with van der Waals surface area (Å²) in [5.74, 6) is 1.10. The Hall–Kier alpha value is -0.610. The Labute approximate surface area is 97.5 Å². The van der Waals surface area contributed by atoms with Gasteiger partial charge in [0.2, 0.25) is 0 Å². The predicted octanol–water partition coefficient (Wildman–Crippen LogP) is 1.33. The first-order valence-electron chi connectivity index (χ1n) is 6.12. The van der Waals surface area contributed by atoms with Crippen molar-refractivity contribution in [3.8, 4) is 0 Å². The highest BCUT2D eigenvalue weighted by Gasteiger charge is 2.25. The number of carbonyl (C=O) groups is 1. The highest BCUT2D eigenvalue weighted by Crippen LogP contribution is 2.30. The maximum Gasteiger partial charge on any atom is 0.305 e. The Morgan fingerprint density at radius 3 is 2.81 bits per heavy atom. The Balaban J connectivity index is 2.00. The molecular weight excluding hydrogens is 206 g/mol. The molecule has 0 spiro atoms. The second-order valence-corrected chi connectivity index (χ2v) is 4.44. The molecule has 1 aliphatic carbocycles. The van der Waals surface area contributed by atoms with Crippen molar-refractivity contribution in [2.75, 3.05) is 26.9 Å². The van der Waals surface area contributed by atoms with Gasteiger partial charge in [-0.3, -0.25) is 4.79 Å². The van der Waals surface area contributed by atoms with Gasteiger partial charge in [-0.05, 0) is 37.6 Å². The molecule has 4 nitrogen and oxygen atoms in total. The first kappa shape index (κ1) is 13.5. The quantitative estimate of drug-likeness (QED) is 0.528. The van der Waals surface area contributed by atoms with Gasteiger partial charge in [-0.25, -0.2) is 0 Å². The molecule has 1 fully saturated rings. The topological polar surface area (TPSA) is 61.5 Å². The van der Waals surface area contributed by atoms with E-state index in [2.05, 4.69) is 4.74 Å². The summed E-state index contributed by atoms with van der Waals surface area (Å²) in [4.78, 5) is 10.8. The fraction of sp³-hybridized carbons (Fsp3) is 0.917. The van der Waals surface area contributed by atoms with Crippen molar-refractivity contribution >= 4 is 5.97 Å². The van der Waals surface area contributed by atoms with Gasteiger partial charge in [-0.1, -0.05) is 6.42 Å². The average Bonchev–Trinajstić information content (AvgIpc) is 2.75. The minimum absolute atomic E-state index is 0.163. The molecular formula is C12H23NO3. The van der Waals surface area contributed by atoms with Crippen LogP contribution in [0, 0.1) is 11.8 Å². The molecule has 0 aromatic carbocycles. The molecule has 4 heteroatoms. The largest absolute Gasteiger partial charge is 0.469 e. The van der Waals surface area contributed by atoms with E-state index < -0.39 is 0 Å². The SMILES string of the molecule is COC(=O)CCCOCC1CCCC1CN. The van der Waals surface area contributed by atoms with Gasteiger partial charge in [0, 0.05) is 19.6 Å². The van der Waals surface area contributed by atoms with E-state index in [1.807, 2.05) is 0 Å². The summed E-state index contributed by atoms with van der Waals surface area (Å²) >= 11 is 0. The third-order valence-corrected chi connectivity index (χ3v) is 3.35. The smallest absolute Gasteiger partial charge is 0.305 e. The predicted molar refractivity (Wildman–Crippen MR) is 62.0 cm³/mol. The number of nitrogens with two attached hydrogens (primary N) is 1. The minimum Gasteiger partial charge on any atom is -0.469 e. The Bertz CT molecular complexity index is 208. The standard InChI is InChI=1S/C12H23NO3/c1-15-12(14)6-3-7-16-9-11-5-2-4-10(11)8-13/h10-11H,2-9,13H2,1H3. The molecule has 1 aliphatic rings. The van der Waals surface area contributed by atoms with Crippen molar-refractivity contribution in [1.29, 1.82) is 0 Å². The normalized spacial score (nSPS) is 24.6. The van der Waals surface area contributed by atoms with Gasteiger partial charge in [-0.15, -0.1) is 0 Å². The van der Waals surface area contributed by atoms with E-state index in [0.717, 1.165) is 19.6 Å². The highest BCUT2D eigenvalue weighted by molar-refractivity contribution is 5.68. The van der Waals surface area contributed by atoms with Crippen LogP contribution in [0.4, 0.5) is 0 Å². The zero-order chi connectivity index (χ0) is 11.8. The second kappa shape index (κ2) is 7.63. The Morgan fingerprint density at radius 1 is 1.38 bits per heavy atom. The summed E-state index contributed by atoms with van der Waals surface area (Å²) in [5, 5.41) is 0. The number of hydrogen-bond acceptors (Lipinski definition) is 4. The van der Waals surface area contributed by atoms with Gasteiger partial charge in [0.05, 0.1) is 7.11 Å².